The van der Waals surface area contributed by atoms with Gasteiger partial charge in [-0.2, -0.15) is 0 Å². The molecule has 0 unspecified atom stereocenters. The lowest BCUT2D eigenvalue weighted by Gasteiger charge is -2.28. The third-order valence-corrected chi connectivity index (χ3v) is 9.47. The summed E-state index contributed by atoms with van der Waals surface area (Å²) < 4.78 is 6.82. The van der Waals surface area contributed by atoms with Crippen LogP contribution in [0.5, 0.6) is 0 Å². The molecule has 9 rings (SSSR count). The Hall–Kier alpha value is -6.38. The van der Waals surface area contributed by atoms with E-state index in [4.69, 9.17) is 4.42 Å². The molecule has 2 nitrogen and oxygen atoms in total. The quantitative estimate of drug-likeness (QED) is 0.182. The van der Waals surface area contributed by atoms with Crippen molar-refractivity contribution in [2.45, 2.75) is 6.42 Å². The van der Waals surface area contributed by atoms with Crippen molar-refractivity contribution in [1.29, 1.82) is 0 Å². The van der Waals surface area contributed by atoms with Gasteiger partial charge in [-0.05, 0) is 93.6 Å². The van der Waals surface area contributed by atoms with Gasteiger partial charge in [-0.3, -0.25) is 0 Å². The van der Waals surface area contributed by atoms with Crippen molar-refractivity contribution in [1.82, 2.24) is 0 Å². The predicted molar refractivity (Wildman–Crippen MR) is 207 cm³/mol. The molecule has 0 bridgehead atoms. The highest BCUT2D eigenvalue weighted by Crippen LogP contribution is 2.47. The highest BCUT2D eigenvalue weighted by Gasteiger charge is 2.24. The Kier molecular flexibility index (Phi) is 7.25. The summed E-state index contributed by atoms with van der Waals surface area (Å²) >= 11 is 0. The molecule has 0 spiro atoms. The second kappa shape index (κ2) is 12.3. The van der Waals surface area contributed by atoms with Gasteiger partial charge in [-0.1, -0.05) is 140 Å². The minimum Gasteiger partial charge on any atom is -0.455 e. The first-order valence-electron chi connectivity index (χ1n) is 16.8. The first-order chi connectivity index (χ1) is 24.3. The summed E-state index contributed by atoms with van der Waals surface area (Å²) in [7, 11) is 0. The molecule has 1 aliphatic rings. The highest BCUT2D eigenvalue weighted by molar-refractivity contribution is 6.07. The Morgan fingerprint density at radius 3 is 1.65 bits per heavy atom. The van der Waals surface area contributed by atoms with Gasteiger partial charge in [0, 0.05) is 27.9 Å². The number of hydrogen-bond donors (Lipinski definition) is 0. The van der Waals surface area contributed by atoms with Crippen molar-refractivity contribution in [3.8, 4) is 33.4 Å². The minimum absolute atomic E-state index is 0.890. The Balaban J connectivity index is 1.28. The zero-order valence-corrected chi connectivity index (χ0v) is 27.0. The number of hydrogen-bond acceptors (Lipinski definition) is 2. The van der Waals surface area contributed by atoms with Gasteiger partial charge in [0.2, 0.25) is 0 Å². The fourth-order valence-corrected chi connectivity index (χ4v) is 7.03. The molecule has 49 heavy (non-hydrogen) atoms. The number of furan rings is 1. The SMILES string of the molecule is C1=Cc2oc3c(-c4ccc5ccccc5c4)c(N(c4ccc(-c5ccccc5)cc4)c4ccc(-c5ccccc5)cc4)ccc3c2C=CC1. The molecule has 0 saturated carbocycles. The molecule has 232 valence electrons. The van der Waals surface area contributed by atoms with E-state index >= 15 is 0 Å². The standard InChI is InChI=1S/C47H33NO/c1-4-12-33(13-5-1)36-22-26-40(27-23-36)48(41-28-24-37(25-29-41)34-14-6-2-7-15-34)44-31-30-43-42-18-8-3-9-19-45(42)49-47(43)46(44)39-21-20-35-16-10-11-17-38(35)32-39/h1-2,4-32H,3H2. The monoisotopic (exact) mass is 627 g/mol. The fourth-order valence-electron chi connectivity index (χ4n) is 7.03. The van der Waals surface area contributed by atoms with Crippen molar-refractivity contribution in [3.05, 3.63) is 187 Å². The maximum absolute atomic E-state index is 6.82. The van der Waals surface area contributed by atoms with Crippen molar-refractivity contribution < 1.29 is 4.42 Å². The van der Waals surface area contributed by atoms with Crippen LogP contribution in [0.25, 0.3) is 67.3 Å². The minimum atomic E-state index is 0.890. The van der Waals surface area contributed by atoms with Crippen molar-refractivity contribution in [2.75, 3.05) is 4.90 Å². The van der Waals surface area contributed by atoms with Crippen LogP contribution < -0.4 is 4.90 Å². The zero-order chi connectivity index (χ0) is 32.6. The van der Waals surface area contributed by atoms with Gasteiger partial charge in [-0.15, -0.1) is 0 Å². The number of nitrogens with zero attached hydrogens (tertiary/aromatic N) is 1. The van der Waals surface area contributed by atoms with Crippen LogP contribution in [0.4, 0.5) is 17.1 Å². The Morgan fingerprint density at radius 2 is 1.00 bits per heavy atom. The lowest BCUT2D eigenvalue weighted by atomic mass is 9.95. The Labute approximate surface area is 286 Å². The molecule has 0 fully saturated rings. The number of fused-ring (bicyclic) bond motifs is 4. The second-order valence-electron chi connectivity index (χ2n) is 12.5. The lowest BCUT2D eigenvalue weighted by Crippen LogP contribution is -2.11. The summed E-state index contributed by atoms with van der Waals surface area (Å²) in [6.45, 7) is 0. The van der Waals surface area contributed by atoms with E-state index in [0.29, 0.717) is 0 Å². The Morgan fingerprint density at radius 1 is 0.449 bits per heavy atom. The summed E-state index contributed by atoms with van der Waals surface area (Å²) in [5, 5.41) is 3.52. The maximum atomic E-state index is 6.82. The number of anilines is 3. The molecule has 0 atom stereocenters. The van der Waals surface area contributed by atoms with Gasteiger partial charge in [0.05, 0.1) is 5.69 Å². The number of benzene rings is 7. The molecule has 0 saturated heterocycles. The third-order valence-electron chi connectivity index (χ3n) is 9.47. The Bertz CT molecular complexity index is 2400. The van der Waals surface area contributed by atoms with E-state index in [1.165, 1.54) is 33.0 Å². The summed E-state index contributed by atoms with van der Waals surface area (Å²) in [6, 6.07) is 58.7. The maximum Gasteiger partial charge on any atom is 0.145 e. The van der Waals surface area contributed by atoms with E-state index < -0.39 is 0 Å². The fraction of sp³-hybridized carbons (Fsp3) is 0.0213. The van der Waals surface area contributed by atoms with Gasteiger partial charge in [0.15, 0.2) is 0 Å². The summed E-state index contributed by atoms with van der Waals surface area (Å²) in [4.78, 5) is 2.37. The van der Waals surface area contributed by atoms with Crippen LogP contribution in [0.1, 0.15) is 17.7 Å². The molecule has 7 aromatic carbocycles. The lowest BCUT2D eigenvalue weighted by molar-refractivity contribution is 0.604. The van der Waals surface area contributed by atoms with Crippen molar-refractivity contribution in [2.24, 2.45) is 0 Å². The molecule has 0 aliphatic heterocycles. The summed E-state index contributed by atoms with van der Waals surface area (Å²) in [5.41, 5.74) is 12.2. The topological polar surface area (TPSA) is 16.4 Å². The molecule has 0 N–H and O–H groups in total. The molecule has 2 heteroatoms. The van der Waals surface area contributed by atoms with Crippen LogP contribution in [0.3, 0.4) is 0 Å². The second-order valence-corrected chi connectivity index (χ2v) is 12.5. The van der Waals surface area contributed by atoms with Crippen LogP contribution in [0, 0.1) is 0 Å². The van der Waals surface area contributed by atoms with E-state index in [2.05, 4.69) is 193 Å². The van der Waals surface area contributed by atoms with Gasteiger partial charge >= 0.3 is 0 Å². The zero-order valence-electron chi connectivity index (χ0n) is 27.0. The van der Waals surface area contributed by atoms with E-state index in [1.54, 1.807) is 0 Å². The number of rotatable bonds is 6. The van der Waals surface area contributed by atoms with E-state index in [9.17, 15) is 0 Å². The van der Waals surface area contributed by atoms with Crippen molar-refractivity contribution >= 4 is 51.0 Å². The average molecular weight is 628 g/mol. The largest absolute Gasteiger partial charge is 0.455 e. The van der Waals surface area contributed by atoms with Crippen LogP contribution in [0.2, 0.25) is 0 Å². The molecule has 0 radical (unpaired) electrons. The molecule has 1 aromatic heterocycles. The van der Waals surface area contributed by atoms with E-state index in [0.717, 1.165) is 56.9 Å². The normalized spacial score (nSPS) is 12.2. The molecule has 1 heterocycles. The molecular formula is C47H33NO. The van der Waals surface area contributed by atoms with Crippen molar-refractivity contribution in [3.63, 3.8) is 0 Å². The van der Waals surface area contributed by atoms with Gasteiger partial charge in [0.1, 0.15) is 11.3 Å². The summed E-state index contributed by atoms with van der Waals surface area (Å²) in [5.74, 6) is 0.897. The first-order valence-corrected chi connectivity index (χ1v) is 16.8. The highest BCUT2D eigenvalue weighted by atomic mass is 16.3. The summed E-state index contributed by atoms with van der Waals surface area (Å²) in [6.07, 6.45) is 9.58. The molecular weight excluding hydrogens is 595 g/mol. The third kappa shape index (κ3) is 5.34. The predicted octanol–water partition coefficient (Wildman–Crippen LogP) is 13.5. The smallest absolute Gasteiger partial charge is 0.145 e. The van der Waals surface area contributed by atoms with E-state index in [1.807, 2.05) is 0 Å². The first kappa shape index (κ1) is 28.8. The molecule has 8 aromatic rings. The van der Waals surface area contributed by atoms with Crippen LogP contribution in [-0.2, 0) is 0 Å². The van der Waals surface area contributed by atoms with E-state index in [-0.39, 0.29) is 0 Å². The van der Waals surface area contributed by atoms with Gasteiger partial charge < -0.3 is 9.32 Å². The van der Waals surface area contributed by atoms with Gasteiger partial charge in [0.25, 0.3) is 0 Å². The van der Waals surface area contributed by atoms with Crippen LogP contribution in [-0.4, -0.2) is 0 Å². The average Bonchev–Trinajstić information content (AvgIpc) is 3.36. The number of allylic oxidation sites excluding steroid dienone is 2. The van der Waals surface area contributed by atoms with Crippen LogP contribution in [0.15, 0.2) is 180 Å². The van der Waals surface area contributed by atoms with Crippen LogP contribution >= 0.6 is 0 Å². The van der Waals surface area contributed by atoms with Gasteiger partial charge in [-0.25, -0.2) is 0 Å². The molecule has 1 aliphatic carbocycles. The molecule has 0 amide bonds.